The Bertz CT molecular complexity index is 685. The number of hydrogen-bond acceptors (Lipinski definition) is 4. The maximum Gasteiger partial charge on any atom is 0.261 e. The molecule has 0 aliphatic carbocycles. The molecule has 0 spiro atoms. The number of allylic oxidation sites excluding steroid dienone is 4. The smallest absolute Gasteiger partial charge is 0.261 e. The Kier molecular flexibility index (Phi) is 8.35. The van der Waals surface area contributed by atoms with Crippen molar-refractivity contribution in [3.8, 4) is 0 Å². The van der Waals surface area contributed by atoms with Crippen LogP contribution in [0.1, 0.15) is 52.4 Å². The van der Waals surface area contributed by atoms with Gasteiger partial charge in [-0.2, -0.15) is 4.99 Å². The van der Waals surface area contributed by atoms with Crippen molar-refractivity contribution in [2.45, 2.75) is 52.4 Å². The van der Waals surface area contributed by atoms with E-state index in [1.807, 2.05) is 12.2 Å². The molecule has 0 aromatic rings. The predicted molar refractivity (Wildman–Crippen MR) is 112 cm³/mol. The van der Waals surface area contributed by atoms with Gasteiger partial charge in [0.25, 0.3) is 5.88 Å². The molecule has 0 unspecified atom stereocenters. The number of carbonyl (C=O) groups is 1. The molecule has 1 fully saturated rings. The van der Waals surface area contributed by atoms with Gasteiger partial charge in [0.05, 0.1) is 6.61 Å². The Morgan fingerprint density at radius 1 is 1.37 bits per heavy atom. The zero-order valence-corrected chi connectivity index (χ0v) is 16.8. The summed E-state index contributed by atoms with van der Waals surface area (Å²) < 4.78 is 5.80. The van der Waals surface area contributed by atoms with E-state index in [-0.39, 0.29) is 11.7 Å². The average molecular weight is 369 g/mol. The Morgan fingerprint density at radius 2 is 2.11 bits per heavy atom. The van der Waals surface area contributed by atoms with Gasteiger partial charge in [-0.3, -0.25) is 4.79 Å². The van der Waals surface area contributed by atoms with Gasteiger partial charge in [0.2, 0.25) is 0 Å². The lowest BCUT2D eigenvalue weighted by molar-refractivity contribution is -0.119. The van der Waals surface area contributed by atoms with E-state index in [2.05, 4.69) is 37.6 Å². The molecule has 0 amide bonds. The molecular weight excluding hydrogens is 336 g/mol. The van der Waals surface area contributed by atoms with Gasteiger partial charge in [-0.15, -0.1) is 6.58 Å². The Morgan fingerprint density at radius 3 is 2.70 bits per heavy atom. The van der Waals surface area contributed by atoms with Crippen molar-refractivity contribution >= 4 is 11.6 Å². The van der Waals surface area contributed by atoms with Crippen LogP contribution in [0.25, 0.3) is 0 Å². The van der Waals surface area contributed by atoms with Crippen molar-refractivity contribution in [2.24, 2.45) is 10.9 Å². The fraction of sp³-hybridized carbons (Fsp3) is 0.522. The molecule has 0 N–H and O–H groups in total. The normalized spacial score (nSPS) is 17.9. The molecule has 0 saturated carbocycles. The molecule has 4 nitrogen and oxygen atoms in total. The first-order valence-corrected chi connectivity index (χ1v) is 10.1. The average Bonchev–Trinajstić information content (AvgIpc) is 2.89. The van der Waals surface area contributed by atoms with Gasteiger partial charge < -0.3 is 9.64 Å². The summed E-state index contributed by atoms with van der Waals surface area (Å²) >= 11 is 0. The Labute approximate surface area is 163 Å². The summed E-state index contributed by atoms with van der Waals surface area (Å²) in [7, 11) is 0. The number of likely N-dealkylation sites (tertiary alicyclic amines) is 1. The summed E-state index contributed by atoms with van der Waals surface area (Å²) in [6.07, 6.45) is 10.8. The van der Waals surface area contributed by atoms with Gasteiger partial charge in [0.15, 0.2) is 5.78 Å². The van der Waals surface area contributed by atoms with Crippen molar-refractivity contribution in [3.05, 3.63) is 54.1 Å². The largest absolute Gasteiger partial charge is 0.472 e. The Balaban J connectivity index is 2.30. The maximum atomic E-state index is 12.0. The number of nitrogens with zero attached hydrogens (tertiary/aromatic N) is 2. The fourth-order valence-corrected chi connectivity index (χ4v) is 3.49. The van der Waals surface area contributed by atoms with Crippen molar-refractivity contribution in [1.82, 2.24) is 4.90 Å². The molecule has 2 heterocycles. The lowest BCUT2D eigenvalue weighted by Crippen LogP contribution is -2.41. The number of ketones is 1. The van der Waals surface area contributed by atoms with Gasteiger partial charge in [-0.25, -0.2) is 0 Å². The van der Waals surface area contributed by atoms with Crippen LogP contribution in [0.5, 0.6) is 0 Å². The van der Waals surface area contributed by atoms with Crippen molar-refractivity contribution < 1.29 is 9.53 Å². The molecular formula is C23H32N2O2. The summed E-state index contributed by atoms with van der Waals surface area (Å²) in [4.78, 5) is 19.1. The molecule has 146 valence electrons. The van der Waals surface area contributed by atoms with Gasteiger partial charge in [-0.05, 0) is 61.8 Å². The number of carbonyl (C=O) groups excluding carboxylic acids is 1. The van der Waals surface area contributed by atoms with E-state index in [0.717, 1.165) is 57.5 Å². The summed E-state index contributed by atoms with van der Waals surface area (Å²) in [6, 6.07) is 0. The van der Waals surface area contributed by atoms with E-state index < -0.39 is 0 Å². The second kappa shape index (κ2) is 10.7. The first-order valence-electron chi connectivity index (χ1n) is 10.1. The van der Waals surface area contributed by atoms with Crippen LogP contribution < -0.4 is 0 Å². The summed E-state index contributed by atoms with van der Waals surface area (Å²) in [5.74, 6) is 1.77. The maximum absolute atomic E-state index is 12.0. The Hall–Kier alpha value is -2.32. The molecule has 0 bridgehead atoms. The van der Waals surface area contributed by atoms with Crippen molar-refractivity contribution in [3.63, 3.8) is 0 Å². The van der Waals surface area contributed by atoms with E-state index in [9.17, 15) is 4.79 Å². The molecule has 2 rings (SSSR count). The molecule has 2 aliphatic heterocycles. The third kappa shape index (κ3) is 5.58. The van der Waals surface area contributed by atoms with Crippen molar-refractivity contribution in [2.75, 3.05) is 19.7 Å². The highest BCUT2D eigenvalue weighted by Crippen LogP contribution is 2.27. The van der Waals surface area contributed by atoms with Crippen LogP contribution in [0.4, 0.5) is 0 Å². The highest BCUT2D eigenvalue weighted by atomic mass is 16.5. The lowest BCUT2D eigenvalue weighted by Gasteiger charge is -2.34. The standard InChI is InChI=1S/C23H32N2O2/c1-5-9-10-20-18(7-3)11-12-22(27-17-6-2)24-23(20)25-15-13-19(14-16-25)21(26)8-4/h5,8,11,19H,1,4,6-7,9-10,13-17H2,2-3H3. The minimum Gasteiger partial charge on any atom is -0.472 e. The van der Waals surface area contributed by atoms with Crippen molar-refractivity contribution in [1.29, 1.82) is 0 Å². The van der Waals surface area contributed by atoms with Gasteiger partial charge in [0, 0.05) is 19.0 Å². The van der Waals surface area contributed by atoms with E-state index in [1.54, 1.807) is 0 Å². The van der Waals surface area contributed by atoms with E-state index in [4.69, 9.17) is 9.73 Å². The summed E-state index contributed by atoms with van der Waals surface area (Å²) in [5, 5.41) is 0. The first-order chi connectivity index (χ1) is 13.1. The van der Waals surface area contributed by atoms with E-state index in [1.165, 1.54) is 17.2 Å². The van der Waals surface area contributed by atoms with Gasteiger partial charge in [-0.1, -0.05) is 32.2 Å². The minimum absolute atomic E-state index is 0.0841. The van der Waals surface area contributed by atoms with E-state index in [0.29, 0.717) is 12.5 Å². The SMILES string of the molecule is C=CCCC1=C(CC)C=C=C(OCCC)N=C1N1CCC(C(=O)C=C)CC1. The molecule has 27 heavy (non-hydrogen) atoms. The zero-order chi connectivity index (χ0) is 19.6. The van der Waals surface area contributed by atoms with Gasteiger partial charge in [0.1, 0.15) is 5.84 Å². The number of rotatable bonds is 9. The minimum atomic E-state index is 0.0841. The quantitative estimate of drug-likeness (QED) is 0.328. The predicted octanol–water partition coefficient (Wildman–Crippen LogP) is 4.96. The zero-order valence-electron chi connectivity index (χ0n) is 16.8. The molecule has 2 aliphatic rings. The highest BCUT2D eigenvalue weighted by molar-refractivity contribution is 6.00. The molecule has 0 radical (unpaired) electrons. The van der Waals surface area contributed by atoms with Gasteiger partial charge >= 0.3 is 0 Å². The second-order valence-corrected chi connectivity index (χ2v) is 6.93. The fourth-order valence-electron chi connectivity index (χ4n) is 3.49. The third-order valence-corrected chi connectivity index (χ3v) is 5.06. The lowest BCUT2D eigenvalue weighted by atomic mass is 9.91. The molecule has 4 heteroatoms. The first kappa shape index (κ1) is 21.0. The molecule has 0 atom stereocenters. The number of amidine groups is 1. The van der Waals surface area contributed by atoms with Crippen LogP contribution in [-0.2, 0) is 9.53 Å². The van der Waals surface area contributed by atoms with Crippen LogP contribution >= 0.6 is 0 Å². The van der Waals surface area contributed by atoms with E-state index >= 15 is 0 Å². The second-order valence-electron chi connectivity index (χ2n) is 6.93. The number of piperidine rings is 1. The van der Waals surface area contributed by atoms with Crippen LogP contribution in [0.2, 0.25) is 0 Å². The molecule has 0 aromatic carbocycles. The van der Waals surface area contributed by atoms with Crippen LogP contribution in [0, 0.1) is 5.92 Å². The number of aliphatic imine (C=N–C) groups is 1. The molecule has 0 aromatic heterocycles. The van der Waals surface area contributed by atoms with Crippen LogP contribution in [-0.4, -0.2) is 36.2 Å². The van der Waals surface area contributed by atoms with Crippen LogP contribution in [0.3, 0.4) is 0 Å². The number of ether oxygens (including phenoxy) is 1. The molecule has 1 saturated heterocycles. The monoisotopic (exact) mass is 368 g/mol. The summed E-state index contributed by atoms with van der Waals surface area (Å²) in [6.45, 7) is 14.0. The summed E-state index contributed by atoms with van der Waals surface area (Å²) in [5.41, 5.74) is 5.72. The topological polar surface area (TPSA) is 41.9 Å². The van der Waals surface area contributed by atoms with Crippen LogP contribution in [0.15, 0.2) is 59.1 Å². The number of hydrogen-bond donors (Lipinski definition) is 0. The third-order valence-electron chi connectivity index (χ3n) is 5.06. The highest BCUT2D eigenvalue weighted by Gasteiger charge is 2.27.